The fourth-order valence-corrected chi connectivity index (χ4v) is 4.21. The van der Waals surface area contributed by atoms with Gasteiger partial charge in [0.2, 0.25) is 0 Å². The lowest BCUT2D eigenvalue weighted by Gasteiger charge is -2.37. The van der Waals surface area contributed by atoms with Crippen molar-refractivity contribution in [2.75, 3.05) is 36.8 Å². The monoisotopic (exact) mass is 392 g/mol. The highest BCUT2D eigenvalue weighted by Crippen LogP contribution is 2.24. The molecular formula is C22H28N6O. The molecule has 2 aliphatic rings. The zero-order valence-electron chi connectivity index (χ0n) is 16.7. The number of nitrogens with two attached hydrogens (primary N) is 1. The molecule has 0 bridgehead atoms. The van der Waals surface area contributed by atoms with Crippen LogP contribution >= 0.6 is 0 Å². The minimum absolute atomic E-state index is 0.321. The van der Waals surface area contributed by atoms with Gasteiger partial charge >= 0.3 is 0 Å². The second kappa shape index (κ2) is 9.21. The van der Waals surface area contributed by atoms with E-state index in [0.717, 1.165) is 64.2 Å². The molecule has 2 fully saturated rings. The van der Waals surface area contributed by atoms with Crippen LogP contribution in [0.5, 0.6) is 0 Å². The first-order valence-corrected chi connectivity index (χ1v) is 10.4. The van der Waals surface area contributed by atoms with Gasteiger partial charge in [0.1, 0.15) is 11.6 Å². The molecule has 7 nitrogen and oxygen atoms in total. The van der Waals surface area contributed by atoms with Gasteiger partial charge in [0, 0.05) is 45.1 Å². The standard InChI is InChI=1S/C22H28N6O/c23-15-17-1-8-26-22(14-17)28-11-5-20(6-12-28)29-19-3-9-27(10-4-19)16-18-2-7-25-21(24)13-18/h1-2,7-8,13-14,19-20H,3-6,9-12,16H2,(H2,24,25). The molecule has 0 unspecified atom stereocenters. The molecule has 2 N–H and O–H groups in total. The van der Waals surface area contributed by atoms with Gasteiger partial charge in [-0.2, -0.15) is 5.26 Å². The Hall–Kier alpha value is -2.69. The van der Waals surface area contributed by atoms with E-state index in [4.69, 9.17) is 15.7 Å². The van der Waals surface area contributed by atoms with Crippen molar-refractivity contribution in [2.24, 2.45) is 0 Å². The summed E-state index contributed by atoms with van der Waals surface area (Å²) in [7, 11) is 0. The summed E-state index contributed by atoms with van der Waals surface area (Å²) in [5.41, 5.74) is 7.66. The summed E-state index contributed by atoms with van der Waals surface area (Å²) in [4.78, 5) is 13.2. The summed E-state index contributed by atoms with van der Waals surface area (Å²) in [6.45, 7) is 4.88. The molecule has 2 aromatic heterocycles. The number of anilines is 2. The van der Waals surface area contributed by atoms with Crippen molar-refractivity contribution in [3.05, 3.63) is 47.8 Å². The Kier molecular flexibility index (Phi) is 6.23. The summed E-state index contributed by atoms with van der Waals surface area (Å²) >= 11 is 0. The van der Waals surface area contributed by atoms with E-state index >= 15 is 0 Å². The summed E-state index contributed by atoms with van der Waals surface area (Å²) in [6, 6.07) is 9.79. The minimum Gasteiger partial charge on any atom is -0.384 e. The van der Waals surface area contributed by atoms with Crippen molar-refractivity contribution in [3.8, 4) is 6.07 Å². The highest BCUT2D eigenvalue weighted by Gasteiger charge is 2.26. The summed E-state index contributed by atoms with van der Waals surface area (Å²) < 4.78 is 6.42. The Bertz CT molecular complexity index is 850. The van der Waals surface area contributed by atoms with Crippen molar-refractivity contribution in [1.82, 2.24) is 14.9 Å². The molecular weight excluding hydrogens is 364 g/mol. The lowest BCUT2D eigenvalue weighted by molar-refractivity contribution is -0.0518. The van der Waals surface area contributed by atoms with Crippen LogP contribution in [0.25, 0.3) is 0 Å². The van der Waals surface area contributed by atoms with Crippen LogP contribution in [0.3, 0.4) is 0 Å². The third-order valence-corrected chi connectivity index (χ3v) is 5.81. The zero-order chi connectivity index (χ0) is 20.1. The van der Waals surface area contributed by atoms with E-state index < -0.39 is 0 Å². The van der Waals surface area contributed by atoms with Gasteiger partial charge in [0.25, 0.3) is 0 Å². The smallest absolute Gasteiger partial charge is 0.129 e. The highest BCUT2D eigenvalue weighted by molar-refractivity contribution is 5.45. The number of likely N-dealkylation sites (tertiary alicyclic amines) is 1. The van der Waals surface area contributed by atoms with Gasteiger partial charge in [-0.05, 0) is 55.5 Å². The van der Waals surface area contributed by atoms with Crippen molar-refractivity contribution in [3.63, 3.8) is 0 Å². The molecule has 7 heteroatoms. The SMILES string of the molecule is N#Cc1ccnc(N2CCC(OC3CCN(Cc4ccnc(N)c4)CC3)CC2)c1. The summed E-state index contributed by atoms with van der Waals surface area (Å²) in [6.07, 6.45) is 8.33. The van der Waals surface area contributed by atoms with Crippen LogP contribution in [0.2, 0.25) is 0 Å². The zero-order valence-corrected chi connectivity index (χ0v) is 16.7. The number of nitriles is 1. The maximum Gasteiger partial charge on any atom is 0.129 e. The number of hydrogen-bond acceptors (Lipinski definition) is 7. The van der Waals surface area contributed by atoms with Gasteiger partial charge in [-0.15, -0.1) is 0 Å². The topological polar surface area (TPSA) is 91.3 Å². The van der Waals surface area contributed by atoms with Gasteiger partial charge < -0.3 is 15.4 Å². The number of hydrogen-bond donors (Lipinski definition) is 1. The number of nitrogens with zero attached hydrogens (tertiary/aromatic N) is 5. The number of pyridine rings is 2. The van der Waals surface area contributed by atoms with Crippen molar-refractivity contribution >= 4 is 11.6 Å². The maximum atomic E-state index is 9.07. The first-order chi connectivity index (χ1) is 14.2. The molecule has 29 heavy (non-hydrogen) atoms. The summed E-state index contributed by atoms with van der Waals surface area (Å²) in [5.74, 6) is 1.48. The number of ether oxygens (including phenoxy) is 1. The second-order valence-electron chi connectivity index (χ2n) is 7.90. The van der Waals surface area contributed by atoms with Crippen LogP contribution in [0.4, 0.5) is 11.6 Å². The fourth-order valence-electron chi connectivity index (χ4n) is 4.21. The van der Waals surface area contributed by atoms with Crippen molar-refractivity contribution in [1.29, 1.82) is 5.26 Å². The number of piperidine rings is 2. The summed E-state index contributed by atoms with van der Waals surface area (Å²) in [5, 5.41) is 9.07. The van der Waals surface area contributed by atoms with E-state index in [1.54, 1.807) is 18.5 Å². The Balaban J connectivity index is 1.20. The Morgan fingerprint density at radius 2 is 1.69 bits per heavy atom. The van der Waals surface area contributed by atoms with E-state index in [1.807, 2.05) is 18.2 Å². The van der Waals surface area contributed by atoms with Gasteiger partial charge in [-0.3, -0.25) is 4.90 Å². The van der Waals surface area contributed by atoms with E-state index in [2.05, 4.69) is 25.8 Å². The molecule has 0 spiro atoms. The van der Waals surface area contributed by atoms with Crippen molar-refractivity contribution < 1.29 is 4.74 Å². The average Bonchev–Trinajstić information content (AvgIpc) is 2.76. The first-order valence-electron chi connectivity index (χ1n) is 10.4. The first kappa shape index (κ1) is 19.6. The number of aromatic nitrogens is 2. The fraction of sp³-hybridized carbons (Fsp3) is 0.500. The van der Waals surface area contributed by atoms with Gasteiger partial charge in [0.15, 0.2) is 0 Å². The minimum atomic E-state index is 0.321. The third kappa shape index (κ3) is 5.22. The van der Waals surface area contributed by atoms with Crippen molar-refractivity contribution in [2.45, 2.75) is 44.4 Å². The quantitative estimate of drug-likeness (QED) is 0.836. The maximum absolute atomic E-state index is 9.07. The van der Waals surface area contributed by atoms with Crippen LogP contribution in [-0.2, 0) is 11.3 Å². The molecule has 0 radical (unpaired) electrons. The second-order valence-corrected chi connectivity index (χ2v) is 7.90. The predicted octanol–water partition coefficient (Wildman–Crippen LogP) is 2.58. The van der Waals surface area contributed by atoms with Crippen LogP contribution in [0, 0.1) is 11.3 Å². The largest absolute Gasteiger partial charge is 0.384 e. The Morgan fingerprint density at radius 3 is 2.38 bits per heavy atom. The molecule has 0 saturated carbocycles. The van der Waals surface area contributed by atoms with E-state index in [1.165, 1.54) is 5.56 Å². The van der Waals surface area contributed by atoms with Crippen LogP contribution in [0.15, 0.2) is 36.7 Å². The molecule has 2 aromatic rings. The number of nitrogen functional groups attached to an aromatic ring is 1. The molecule has 0 amide bonds. The van der Waals surface area contributed by atoms with E-state index in [9.17, 15) is 0 Å². The van der Waals surface area contributed by atoms with Gasteiger partial charge in [0.05, 0.1) is 23.8 Å². The lowest BCUT2D eigenvalue weighted by Crippen LogP contribution is -2.42. The molecule has 0 aliphatic carbocycles. The normalized spacial score (nSPS) is 19.2. The van der Waals surface area contributed by atoms with Crippen LogP contribution in [0.1, 0.15) is 36.8 Å². The van der Waals surface area contributed by atoms with Gasteiger partial charge in [-0.25, -0.2) is 9.97 Å². The Labute approximate surface area is 172 Å². The molecule has 152 valence electrons. The molecule has 2 saturated heterocycles. The third-order valence-electron chi connectivity index (χ3n) is 5.81. The van der Waals surface area contributed by atoms with Gasteiger partial charge in [-0.1, -0.05) is 0 Å². The molecule has 4 rings (SSSR count). The molecule has 0 aromatic carbocycles. The predicted molar refractivity (Wildman–Crippen MR) is 112 cm³/mol. The van der Waals surface area contributed by atoms with Crippen LogP contribution in [-0.4, -0.2) is 53.3 Å². The van der Waals surface area contributed by atoms with E-state index in [0.29, 0.717) is 23.6 Å². The van der Waals surface area contributed by atoms with Crippen LogP contribution < -0.4 is 10.6 Å². The lowest BCUT2D eigenvalue weighted by atomic mass is 10.0. The van der Waals surface area contributed by atoms with E-state index in [-0.39, 0.29) is 0 Å². The Morgan fingerprint density at radius 1 is 1.00 bits per heavy atom. The molecule has 0 atom stereocenters. The molecule has 2 aliphatic heterocycles. The molecule has 4 heterocycles. The highest BCUT2D eigenvalue weighted by atomic mass is 16.5. The average molecular weight is 393 g/mol. The number of rotatable bonds is 5.